The number of primary amides is 1. The quantitative estimate of drug-likeness (QED) is 0.473. The molecule has 4 N–H and O–H groups in total. The van der Waals surface area contributed by atoms with Crippen molar-refractivity contribution in [2.75, 3.05) is 24.9 Å². The first-order valence-electron chi connectivity index (χ1n) is 9.27. The van der Waals surface area contributed by atoms with Crippen LogP contribution in [0.3, 0.4) is 0 Å². The van der Waals surface area contributed by atoms with Gasteiger partial charge in [0.15, 0.2) is 18.1 Å². The first-order chi connectivity index (χ1) is 14.1. The Balaban J connectivity index is 2.01. The van der Waals surface area contributed by atoms with Crippen LogP contribution in [0.5, 0.6) is 11.5 Å². The summed E-state index contributed by atoms with van der Waals surface area (Å²) in [7, 11) is 1.52. The van der Waals surface area contributed by atoms with Crippen LogP contribution in [0.15, 0.2) is 23.4 Å². The highest BCUT2D eigenvalue weighted by atomic mass is 32.2. The number of nitrogens with zero attached hydrogens (tertiary/aromatic N) is 3. The third kappa shape index (κ3) is 7.14. The summed E-state index contributed by atoms with van der Waals surface area (Å²) in [6, 6.07) is 5.35. The van der Waals surface area contributed by atoms with Gasteiger partial charge in [-0.2, -0.15) is 0 Å². The van der Waals surface area contributed by atoms with Crippen molar-refractivity contribution in [2.45, 2.75) is 44.9 Å². The Morgan fingerprint density at radius 3 is 2.60 bits per heavy atom. The van der Waals surface area contributed by atoms with Gasteiger partial charge in [0, 0.05) is 5.54 Å². The summed E-state index contributed by atoms with van der Waals surface area (Å²) in [5, 5.41) is 11.7. The van der Waals surface area contributed by atoms with Gasteiger partial charge in [0.05, 0.1) is 19.4 Å². The second-order valence-corrected chi connectivity index (χ2v) is 8.47. The molecule has 2 aromatic rings. The highest BCUT2D eigenvalue weighted by molar-refractivity contribution is 7.99. The predicted octanol–water partition coefficient (Wildman–Crippen LogP) is 1.21. The Labute approximate surface area is 179 Å². The number of amides is 2. The average molecular weight is 437 g/mol. The Kier molecular flexibility index (Phi) is 7.93. The highest BCUT2D eigenvalue weighted by Crippen LogP contribution is 2.28. The van der Waals surface area contributed by atoms with E-state index in [0.29, 0.717) is 29.0 Å². The maximum absolute atomic E-state index is 12.1. The lowest BCUT2D eigenvalue weighted by Gasteiger charge is -2.20. The van der Waals surface area contributed by atoms with Gasteiger partial charge >= 0.3 is 0 Å². The molecule has 1 aromatic heterocycles. The number of thioether (sulfide) groups is 1. The second kappa shape index (κ2) is 10.2. The van der Waals surface area contributed by atoms with Gasteiger partial charge < -0.3 is 25.9 Å². The van der Waals surface area contributed by atoms with Gasteiger partial charge in [-0.25, -0.2) is 4.68 Å². The Hall–Kier alpha value is -2.95. The van der Waals surface area contributed by atoms with E-state index in [0.717, 1.165) is 5.56 Å². The number of nitrogens with one attached hydrogen (secondary N) is 2. The van der Waals surface area contributed by atoms with E-state index in [4.69, 9.17) is 15.2 Å². The SMILES string of the molecule is COc1cc(CNn2c(C)nnc2SCC(=O)NC(C)(C)C)ccc1OCC(N)=O. The van der Waals surface area contributed by atoms with Crippen LogP contribution in [0.1, 0.15) is 32.2 Å². The number of rotatable bonds is 10. The average Bonchev–Trinajstić information content (AvgIpc) is 3.01. The minimum absolute atomic E-state index is 0.0732. The molecular weight excluding hydrogens is 408 g/mol. The van der Waals surface area contributed by atoms with Crippen molar-refractivity contribution in [3.05, 3.63) is 29.6 Å². The summed E-state index contributed by atoms with van der Waals surface area (Å²) in [6.45, 7) is 7.84. The first kappa shape index (κ1) is 23.3. The second-order valence-electron chi connectivity index (χ2n) is 7.53. The van der Waals surface area contributed by atoms with Gasteiger partial charge in [-0.1, -0.05) is 17.8 Å². The number of aromatic nitrogens is 3. The lowest BCUT2D eigenvalue weighted by atomic mass is 10.1. The monoisotopic (exact) mass is 436 g/mol. The van der Waals surface area contributed by atoms with Gasteiger partial charge in [0.2, 0.25) is 11.1 Å². The van der Waals surface area contributed by atoms with Crippen molar-refractivity contribution in [1.82, 2.24) is 20.2 Å². The Morgan fingerprint density at radius 1 is 1.23 bits per heavy atom. The zero-order valence-electron chi connectivity index (χ0n) is 17.8. The molecule has 0 bridgehead atoms. The molecule has 30 heavy (non-hydrogen) atoms. The Morgan fingerprint density at radius 2 is 1.97 bits per heavy atom. The number of benzene rings is 1. The van der Waals surface area contributed by atoms with Crippen LogP contribution >= 0.6 is 11.8 Å². The maximum Gasteiger partial charge on any atom is 0.255 e. The summed E-state index contributed by atoms with van der Waals surface area (Å²) in [6.07, 6.45) is 0. The van der Waals surface area contributed by atoms with Crippen LogP contribution in [0.4, 0.5) is 0 Å². The highest BCUT2D eigenvalue weighted by Gasteiger charge is 2.16. The van der Waals surface area contributed by atoms with Gasteiger partial charge in [0.25, 0.3) is 5.91 Å². The number of ether oxygens (including phenoxy) is 2. The fraction of sp³-hybridized carbons (Fsp3) is 0.474. The molecule has 0 aliphatic carbocycles. The smallest absolute Gasteiger partial charge is 0.255 e. The van der Waals surface area contributed by atoms with E-state index in [1.165, 1.54) is 18.9 Å². The minimum Gasteiger partial charge on any atom is -0.493 e. The van der Waals surface area contributed by atoms with Crippen LogP contribution < -0.4 is 25.9 Å². The van der Waals surface area contributed by atoms with Gasteiger partial charge in [-0.05, 0) is 45.4 Å². The van der Waals surface area contributed by atoms with Crippen molar-refractivity contribution in [3.63, 3.8) is 0 Å². The molecule has 0 aliphatic heterocycles. The zero-order chi connectivity index (χ0) is 22.3. The molecule has 164 valence electrons. The lowest BCUT2D eigenvalue weighted by Crippen LogP contribution is -2.41. The molecule has 10 nitrogen and oxygen atoms in total. The normalized spacial score (nSPS) is 11.1. The number of carbonyl (C=O) groups is 2. The van der Waals surface area contributed by atoms with E-state index < -0.39 is 5.91 Å². The molecule has 1 heterocycles. The van der Waals surface area contributed by atoms with Crippen molar-refractivity contribution in [1.29, 1.82) is 0 Å². The molecule has 0 saturated heterocycles. The number of methoxy groups -OCH3 is 1. The van der Waals surface area contributed by atoms with Crippen LogP contribution in [0.25, 0.3) is 0 Å². The summed E-state index contributed by atoms with van der Waals surface area (Å²) < 4.78 is 12.4. The number of carbonyl (C=O) groups excluding carboxylic acids is 2. The zero-order valence-corrected chi connectivity index (χ0v) is 18.6. The van der Waals surface area contributed by atoms with Crippen molar-refractivity contribution >= 4 is 23.6 Å². The standard InChI is InChI=1S/C19H28N6O4S/c1-12-23-24-18(30-11-17(27)22-19(2,3)4)25(12)21-9-13-6-7-14(15(8-13)28-5)29-10-16(20)26/h6-8,21H,9-11H2,1-5H3,(H2,20,26)(H,22,27). The molecule has 2 amide bonds. The van der Waals surface area contributed by atoms with E-state index in [1.807, 2.05) is 33.8 Å². The summed E-state index contributed by atoms with van der Waals surface area (Å²) in [5.74, 6) is 1.19. The number of aryl methyl sites for hydroxylation is 1. The molecular formula is C19H28N6O4S. The van der Waals surface area contributed by atoms with Crippen molar-refractivity contribution in [3.8, 4) is 11.5 Å². The summed E-state index contributed by atoms with van der Waals surface area (Å²) in [5.41, 5.74) is 8.97. The lowest BCUT2D eigenvalue weighted by molar-refractivity contribution is -0.120. The number of hydrogen-bond acceptors (Lipinski definition) is 8. The summed E-state index contributed by atoms with van der Waals surface area (Å²) in [4.78, 5) is 23.0. The molecule has 0 atom stereocenters. The van der Waals surface area contributed by atoms with Crippen LogP contribution in [0, 0.1) is 6.92 Å². The van der Waals surface area contributed by atoms with E-state index in [9.17, 15) is 9.59 Å². The maximum atomic E-state index is 12.1. The number of hydrogen-bond donors (Lipinski definition) is 3. The molecule has 0 spiro atoms. The molecule has 2 rings (SSSR count). The minimum atomic E-state index is -0.563. The third-order valence-electron chi connectivity index (χ3n) is 3.68. The molecule has 0 aliphatic rings. The van der Waals surface area contributed by atoms with Crippen molar-refractivity contribution in [2.24, 2.45) is 5.73 Å². The number of nitrogens with two attached hydrogens (primary N) is 1. The topological polar surface area (TPSA) is 133 Å². The third-order valence-corrected chi connectivity index (χ3v) is 4.61. The van der Waals surface area contributed by atoms with Crippen molar-refractivity contribution < 1.29 is 19.1 Å². The molecule has 0 unspecified atom stereocenters. The molecule has 11 heteroatoms. The van der Waals surface area contributed by atoms with E-state index in [-0.39, 0.29) is 23.8 Å². The van der Waals surface area contributed by atoms with E-state index in [2.05, 4.69) is 20.9 Å². The summed E-state index contributed by atoms with van der Waals surface area (Å²) >= 11 is 1.30. The fourth-order valence-electron chi connectivity index (χ4n) is 2.46. The van der Waals surface area contributed by atoms with E-state index in [1.54, 1.807) is 16.8 Å². The Bertz CT molecular complexity index is 894. The van der Waals surface area contributed by atoms with Crippen LogP contribution in [0.2, 0.25) is 0 Å². The molecule has 0 saturated carbocycles. The molecule has 0 fully saturated rings. The predicted molar refractivity (Wildman–Crippen MR) is 114 cm³/mol. The van der Waals surface area contributed by atoms with Gasteiger partial charge in [-0.15, -0.1) is 10.2 Å². The molecule has 0 radical (unpaired) electrons. The van der Waals surface area contributed by atoms with Gasteiger partial charge in [0.1, 0.15) is 5.82 Å². The van der Waals surface area contributed by atoms with Gasteiger partial charge in [-0.3, -0.25) is 9.59 Å². The van der Waals surface area contributed by atoms with Crippen LogP contribution in [-0.4, -0.2) is 51.7 Å². The van der Waals surface area contributed by atoms with E-state index >= 15 is 0 Å². The first-order valence-corrected chi connectivity index (χ1v) is 10.3. The largest absolute Gasteiger partial charge is 0.493 e. The van der Waals surface area contributed by atoms with Crippen LogP contribution in [-0.2, 0) is 16.1 Å². The molecule has 1 aromatic carbocycles. The fourth-order valence-corrected chi connectivity index (χ4v) is 3.22.